The lowest BCUT2D eigenvalue weighted by molar-refractivity contribution is 0.319. The normalized spacial score (nSPS) is 18.3. The molecule has 0 amide bonds. The van der Waals surface area contributed by atoms with E-state index in [0.29, 0.717) is 0 Å². The molecular formula is C31H34. The standard InChI is InChI=1S/C31H34/c1-3-5-25-6-8-26(9-7-25)10-11-27-14-18-29(19-15-27)31-22-20-30(21-23-31)28-16-12-24(4-2)13-17-28/h6-9,14-15,18-24,28H,3-5,12-13,16-17H2,1-2H3. The highest BCUT2D eigenvalue weighted by atomic mass is 14.3. The molecule has 1 saturated carbocycles. The zero-order chi connectivity index (χ0) is 21.5. The van der Waals surface area contributed by atoms with E-state index < -0.39 is 0 Å². The maximum absolute atomic E-state index is 3.30. The third kappa shape index (κ3) is 5.68. The molecule has 0 heteroatoms. The summed E-state index contributed by atoms with van der Waals surface area (Å²) < 4.78 is 0. The molecule has 3 aromatic carbocycles. The largest absolute Gasteiger partial charge is 0.0651 e. The van der Waals surface area contributed by atoms with Crippen LogP contribution in [0.4, 0.5) is 0 Å². The molecule has 3 aromatic rings. The minimum absolute atomic E-state index is 0.755. The molecule has 0 spiro atoms. The number of hydrogen-bond acceptors (Lipinski definition) is 0. The highest BCUT2D eigenvalue weighted by molar-refractivity contribution is 5.65. The summed E-state index contributed by atoms with van der Waals surface area (Å²) in [6, 6.07) is 26.6. The van der Waals surface area contributed by atoms with Crippen LogP contribution in [0.1, 0.15) is 80.5 Å². The van der Waals surface area contributed by atoms with Gasteiger partial charge in [0.1, 0.15) is 0 Å². The molecule has 158 valence electrons. The van der Waals surface area contributed by atoms with Crippen LogP contribution in [0, 0.1) is 17.8 Å². The first kappa shape index (κ1) is 21.5. The molecule has 1 aliphatic carbocycles. The van der Waals surface area contributed by atoms with Crippen molar-refractivity contribution < 1.29 is 0 Å². The van der Waals surface area contributed by atoms with Crippen molar-refractivity contribution in [2.75, 3.05) is 0 Å². The molecule has 31 heavy (non-hydrogen) atoms. The van der Waals surface area contributed by atoms with Crippen molar-refractivity contribution >= 4 is 0 Å². The number of aryl methyl sites for hydroxylation is 1. The quantitative estimate of drug-likeness (QED) is 0.373. The number of hydrogen-bond donors (Lipinski definition) is 0. The Morgan fingerprint density at radius 3 is 1.68 bits per heavy atom. The van der Waals surface area contributed by atoms with Gasteiger partial charge in [-0.3, -0.25) is 0 Å². The Labute approximate surface area is 188 Å². The molecule has 0 heterocycles. The Morgan fingerprint density at radius 2 is 1.16 bits per heavy atom. The molecule has 0 nitrogen and oxygen atoms in total. The summed E-state index contributed by atoms with van der Waals surface area (Å²) in [6.45, 7) is 4.55. The van der Waals surface area contributed by atoms with Crippen LogP contribution in [-0.2, 0) is 6.42 Å². The molecule has 0 aromatic heterocycles. The zero-order valence-electron chi connectivity index (χ0n) is 19.0. The minimum atomic E-state index is 0.755. The lowest BCUT2D eigenvalue weighted by Crippen LogP contribution is -2.12. The molecule has 4 rings (SSSR count). The first-order chi connectivity index (χ1) is 15.2. The molecule has 0 saturated heterocycles. The summed E-state index contributed by atoms with van der Waals surface area (Å²) in [4.78, 5) is 0. The van der Waals surface area contributed by atoms with Crippen molar-refractivity contribution in [1.82, 2.24) is 0 Å². The van der Waals surface area contributed by atoms with Crippen molar-refractivity contribution in [3.05, 3.63) is 95.1 Å². The van der Waals surface area contributed by atoms with Crippen LogP contribution in [0.3, 0.4) is 0 Å². The van der Waals surface area contributed by atoms with Crippen LogP contribution in [0.15, 0.2) is 72.8 Å². The molecule has 0 unspecified atom stereocenters. The van der Waals surface area contributed by atoms with E-state index in [9.17, 15) is 0 Å². The van der Waals surface area contributed by atoms with Crippen molar-refractivity contribution in [3.63, 3.8) is 0 Å². The van der Waals surface area contributed by atoms with Gasteiger partial charge in [0.2, 0.25) is 0 Å². The van der Waals surface area contributed by atoms with E-state index in [1.807, 2.05) is 0 Å². The highest BCUT2D eigenvalue weighted by Gasteiger charge is 2.21. The van der Waals surface area contributed by atoms with Crippen molar-refractivity contribution in [3.8, 4) is 23.0 Å². The fourth-order valence-electron chi connectivity index (χ4n) is 4.79. The van der Waals surface area contributed by atoms with Gasteiger partial charge in [-0.15, -0.1) is 0 Å². The van der Waals surface area contributed by atoms with E-state index in [2.05, 4.69) is 98.5 Å². The lowest BCUT2D eigenvalue weighted by Gasteiger charge is -2.28. The molecule has 0 radical (unpaired) electrons. The van der Waals surface area contributed by atoms with Gasteiger partial charge in [0, 0.05) is 11.1 Å². The second-order valence-corrected chi connectivity index (χ2v) is 9.02. The zero-order valence-corrected chi connectivity index (χ0v) is 19.0. The average Bonchev–Trinajstić information content (AvgIpc) is 2.84. The van der Waals surface area contributed by atoms with Gasteiger partial charge in [-0.2, -0.15) is 0 Å². The van der Waals surface area contributed by atoms with Gasteiger partial charge >= 0.3 is 0 Å². The summed E-state index contributed by atoms with van der Waals surface area (Å²) in [5.41, 5.74) is 7.59. The Kier molecular flexibility index (Phi) is 7.26. The topological polar surface area (TPSA) is 0 Å². The van der Waals surface area contributed by atoms with Gasteiger partial charge in [0.05, 0.1) is 0 Å². The van der Waals surface area contributed by atoms with Crippen molar-refractivity contribution in [2.24, 2.45) is 5.92 Å². The summed E-state index contributed by atoms with van der Waals surface area (Å²) >= 11 is 0. The van der Waals surface area contributed by atoms with E-state index >= 15 is 0 Å². The van der Waals surface area contributed by atoms with Gasteiger partial charge in [0.15, 0.2) is 0 Å². The van der Waals surface area contributed by atoms with E-state index in [1.165, 1.54) is 60.8 Å². The molecule has 0 aliphatic heterocycles. The second-order valence-electron chi connectivity index (χ2n) is 9.02. The van der Waals surface area contributed by atoms with Crippen LogP contribution >= 0.6 is 0 Å². The fraction of sp³-hybridized carbons (Fsp3) is 0.355. The maximum atomic E-state index is 3.30. The maximum Gasteiger partial charge on any atom is 0.0249 e. The lowest BCUT2D eigenvalue weighted by atomic mass is 9.77. The first-order valence-electron chi connectivity index (χ1n) is 12.1. The summed E-state index contributed by atoms with van der Waals surface area (Å²) in [5, 5.41) is 0. The summed E-state index contributed by atoms with van der Waals surface area (Å²) in [7, 11) is 0. The van der Waals surface area contributed by atoms with Crippen LogP contribution in [-0.4, -0.2) is 0 Å². The van der Waals surface area contributed by atoms with E-state index in [-0.39, 0.29) is 0 Å². The van der Waals surface area contributed by atoms with Gasteiger partial charge in [-0.1, -0.05) is 87.1 Å². The van der Waals surface area contributed by atoms with E-state index in [4.69, 9.17) is 0 Å². The molecule has 1 fully saturated rings. The van der Waals surface area contributed by atoms with Crippen molar-refractivity contribution in [2.45, 2.75) is 64.7 Å². The Balaban J connectivity index is 1.39. The van der Waals surface area contributed by atoms with Crippen molar-refractivity contribution in [1.29, 1.82) is 0 Å². The minimum Gasteiger partial charge on any atom is -0.0651 e. The molecule has 1 aliphatic rings. The third-order valence-electron chi connectivity index (χ3n) is 6.87. The molecular weight excluding hydrogens is 372 g/mol. The summed E-state index contributed by atoms with van der Waals surface area (Å²) in [6.07, 6.45) is 9.16. The fourth-order valence-corrected chi connectivity index (χ4v) is 4.79. The molecule has 0 bridgehead atoms. The predicted octanol–water partition coefficient (Wildman–Crippen LogP) is 8.39. The SMILES string of the molecule is CCCc1ccc(C#Cc2ccc(-c3ccc(C4CCC(CC)CC4)cc3)cc2)cc1. The van der Waals surface area contributed by atoms with Gasteiger partial charge in [-0.05, 0) is 90.5 Å². The van der Waals surface area contributed by atoms with Gasteiger partial charge in [-0.25, -0.2) is 0 Å². The molecule has 0 atom stereocenters. The van der Waals surface area contributed by atoms with Crippen LogP contribution in [0.2, 0.25) is 0 Å². The first-order valence-corrected chi connectivity index (χ1v) is 12.1. The Hall–Kier alpha value is -2.78. The Bertz CT molecular complexity index is 1000. The number of benzene rings is 3. The van der Waals surface area contributed by atoms with Crippen LogP contribution < -0.4 is 0 Å². The van der Waals surface area contributed by atoms with Gasteiger partial charge < -0.3 is 0 Å². The smallest absolute Gasteiger partial charge is 0.0249 e. The van der Waals surface area contributed by atoms with Crippen LogP contribution in [0.25, 0.3) is 11.1 Å². The number of rotatable bonds is 5. The third-order valence-corrected chi connectivity index (χ3v) is 6.87. The van der Waals surface area contributed by atoms with E-state index in [0.717, 1.165) is 29.4 Å². The second kappa shape index (κ2) is 10.5. The summed E-state index contributed by atoms with van der Waals surface area (Å²) in [5.74, 6) is 8.30. The van der Waals surface area contributed by atoms with E-state index in [1.54, 1.807) is 0 Å². The Morgan fingerprint density at radius 1 is 0.645 bits per heavy atom. The van der Waals surface area contributed by atoms with Crippen LogP contribution in [0.5, 0.6) is 0 Å². The van der Waals surface area contributed by atoms with Gasteiger partial charge in [0.25, 0.3) is 0 Å². The average molecular weight is 407 g/mol. The molecule has 0 N–H and O–H groups in total. The monoisotopic (exact) mass is 406 g/mol. The predicted molar refractivity (Wildman–Crippen MR) is 133 cm³/mol. The highest BCUT2D eigenvalue weighted by Crippen LogP contribution is 2.37.